The van der Waals surface area contributed by atoms with Gasteiger partial charge in [0.1, 0.15) is 5.75 Å². The Bertz CT molecular complexity index is 637. The molecule has 0 atom stereocenters. The minimum absolute atomic E-state index is 0.0544. The van der Waals surface area contributed by atoms with Crippen molar-refractivity contribution in [2.75, 3.05) is 0 Å². The van der Waals surface area contributed by atoms with E-state index in [2.05, 4.69) is 5.10 Å². The van der Waals surface area contributed by atoms with Crippen LogP contribution in [0.5, 0.6) is 5.75 Å². The summed E-state index contributed by atoms with van der Waals surface area (Å²) in [7, 11) is 0. The van der Waals surface area contributed by atoms with Crippen molar-refractivity contribution in [1.82, 2.24) is 9.78 Å². The molecule has 2 rings (SSSR count). The Hall–Kier alpha value is -2.01. The zero-order chi connectivity index (χ0) is 14.7. The van der Waals surface area contributed by atoms with Gasteiger partial charge >= 0.3 is 5.97 Å². The number of halogens is 1. The number of phenols is 1. The number of hydrogen-bond donors (Lipinski definition) is 2. The Kier molecular flexibility index (Phi) is 4.29. The molecule has 0 aliphatic rings. The fourth-order valence-electron chi connectivity index (χ4n) is 1.94. The Morgan fingerprint density at radius 3 is 2.85 bits per heavy atom. The SMILES string of the molecule is Cc1cc(CCC(=O)O)nn1Cc1cc(Cl)ccc1O. The van der Waals surface area contributed by atoms with Crippen molar-refractivity contribution in [3.63, 3.8) is 0 Å². The van der Waals surface area contributed by atoms with Crippen LogP contribution >= 0.6 is 11.6 Å². The minimum atomic E-state index is -0.843. The van der Waals surface area contributed by atoms with E-state index in [1.807, 2.05) is 13.0 Å². The van der Waals surface area contributed by atoms with Gasteiger partial charge in [0.05, 0.1) is 18.7 Å². The Morgan fingerprint density at radius 1 is 1.40 bits per heavy atom. The highest BCUT2D eigenvalue weighted by Crippen LogP contribution is 2.22. The van der Waals surface area contributed by atoms with Gasteiger partial charge in [-0.25, -0.2) is 0 Å². The van der Waals surface area contributed by atoms with Crippen molar-refractivity contribution >= 4 is 17.6 Å². The van der Waals surface area contributed by atoms with Gasteiger partial charge in [-0.05, 0) is 31.2 Å². The van der Waals surface area contributed by atoms with Crippen LogP contribution in [-0.2, 0) is 17.8 Å². The molecule has 2 aromatic rings. The third-order valence-corrected chi connectivity index (χ3v) is 3.22. The molecular weight excluding hydrogens is 280 g/mol. The Morgan fingerprint density at radius 2 is 2.15 bits per heavy atom. The number of carbonyl (C=O) groups is 1. The summed E-state index contributed by atoms with van der Waals surface area (Å²) in [4.78, 5) is 10.6. The first-order valence-electron chi connectivity index (χ1n) is 6.18. The van der Waals surface area contributed by atoms with E-state index in [-0.39, 0.29) is 12.2 Å². The summed E-state index contributed by atoms with van der Waals surface area (Å²) in [5.41, 5.74) is 2.31. The fraction of sp³-hybridized carbons (Fsp3) is 0.286. The van der Waals surface area contributed by atoms with Gasteiger partial charge in [0.25, 0.3) is 0 Å². The molecule has 0 unspecified atom stereocenters. The van der Waals surface area contributed by atoms with E-state index >= 15 is 0 Å². The highest BCUT2D eigenvalue weighted by molar-refractivity contribution is 6.30. The first-order valence-corrected chi connectivity index (χ1v) is 6.56. The average Bonchev–Trinajstić information content (AvgIpc) is 2.72. The summed E-state index contributed by atoms with van der Waals surface area (Å²) >= 11 is 5.91. The summed E-state index contributed by atoms with van der Waals surface area (Å²) in [6.45, 7) is 2.28. The van der Waals surface area contributed by atoms with E-state index in [1.165, 1.54) is 0 Å². The first-order chi connectivity index (χ1) is 9.45. The van der Waals surface area contributed by atoms with Crippen LogP contribution in [0.15, 0.2) is 24.3 Å². The van der Waals surface area contributed by atoms with E-state index in [0.717, 1.165) is 11.4 Å². The number of hydrogen-bond acceptors (Lipinski definition) is 3. The summed E-state index contributed by atoms with van der Waals surface area (Å²) in [5.74, 6) is -0.680. The number of phenolic OH excluding ortho intramolecular Hbond substituents is 1. The lowest BCUT2D eigenvalue weighted by Gasteiger charge is -2.07. The topological polar surface area (TPSA) is 75.3 Å². The second-order valence-corrected chi connectivity index (χ2v) is 5.04. The van der Waals surface area contributed by atoms with Crippen molar-refractivity contribution < 1.29 is 15.0 Å². The van der Waals surface area contributed by atoms with Crippen LogP contribution in [0.4, 0.5) is 0 Å². The van der Waals surface area contributed by atoms with Crippen LogP contribution < -0.4 is 0 Å². The molecule has 0 aliphatic heterocycles. The predicted octanol–water partition coefficient (Wildman–Crippen LogP) is 2.62. The molecule has 1 aromatic carbocycles. The largest absolute Gasteiger partial charge is 0.508 e. The lowest BCUT2D eigenvalue weighted by atomic mass is 10.2. The molecule has 106 valence electrons. The molecule has 0 amide bonds. The van der Waals surface area contributed by atoms with Crippen molar-refractivity contribution in [2.24, 2.45) is 0 Å². The zero-order valence-electron chi connectivity index (χ0n) is 11.0. The lowest BCUT2D eigenvalue weighted by molar-refractivity contribution is -0.136. The van der Waals surface area contributed by atoms with Gasteiger partial charge in [-0.2, -0.15) is 5.10 Å². The fourth-order valence-corrected chi connectivity index (χ4v) is 2.13. The highest BCUT2D eigenvalue weighted by Gasteiger charge is 2.09. The van der Waals surface area contributed by atoms with Crippen LogP contribution in [-0.4, -0.2) is 26.0 Å². The van der Waals surface area contributed by atoms with E-state index in [0.29, 0.717) is 23.6 Å². The van der Waals surface area contributed by atoms with Crippen LogP contribution in [0.25, 0.3) is 0 Å². The monoisotopic (exact) mass is 294 g/mol. The van der Waals surface area contributed by atoms with Crippen molar-refractivity contribution in [3.05, 3.63) is 46.2 Å². The molecule has 0 saturated heterocycles. The van der Waals surface area contributed by atoms with Gasteiger partial charge in [0.15, 0.2) is 0 Å². The lowest BCUT2D eigenvalue weighted by Crippen LogP contribution is -2.05. The van der Waals surface area contributed by atoms with Crippen LogP contribution in [0.3, 0.4) is 0 Å². The Balaban J connectivity index is 2.17. The third-order valence-electron chi connectivity index (χ3n) is 2.99. The maximum Gasteiger partial charge on any atom is 0.303 e. The van der Waals surface area contributed by atoms with Gasteiger partial charge in [-0.15, -0.1) is 0 Å². The molecule has 0 fully saturated rings. The number of aromatic hydroxyl groups is 1. The van der Waals surface area contributed by atoms with E-state index in [9.17, 15) is 9.90 Å². The van der Waals surface area contributed by atoms with E-state index in [4.69, 9.17) is 16.7 Å². The van der Waals surface area contributed by atoms with Crippen molar-refractivity contribution in [3.8, 4) is 5.75 Å². The number of carboxylic acids is 1. The molecule has 0 aliphatic carbocycles. The standard InChI is InChI=1S/C14H15ClN2O3/c1-9-6-12(3-5-14(19)20)16-17(9)8-10-7-11(15)2-4-13(10)18/h2,4,6-7,18H,3,5,8H2,1H3,(H,19,20). The maximum absolute atomic E-state index is 10.6. The number of rotatable bonds is 5. The van der Waals surface area contributed by atoms with Gasteiger partial charge in [0.2, 0.25) is 0 Å². The number of benzene rings is 1. The number of aliphatic carboxylic acids is 1. The molecule has 2 N–H and O–H groups in total. The van der Waals surface area contributed by atoms with Crippen LogP contribution in [0.2, 0.25) is 5.02 Å². The summed E-state index contributed by atoms with van der Waals surface area (Å²) in [6, 6.07) is 6.70. The molecule has 5 nitrogen and oxygen atoms in total. The smallest absolute Gasteiger partial charge is 0.303 e. The molecule has 1 aromatic heterocycles. The molecule has 0 spiro atoms. The maximum atomic E-state index is 10.6. The van der Waals surface area contributed by atoms with Gasteiger partial charge < -0.3 is 10.2 Å². The summed E-state index contributed by atoms with van der Waals surface area (Å²) < 4.78 is 1.72. The Labute approximate surface area is 121 Å². The molecular formula is C14H15ClN2O3. The quantitative estimate of drug-likeness (QED) is 0.889. The summed E-state index contributed by atoms with van der Waals surface area (Å²) in [5, 5.41) is 23.4. The molecule has 20 heavy (non-hydrogen) atoms. The zero-order valence-corrected chi connectivity index (χ0v) is 11.8. The number of nitrogens with zero attached hydrogens (tertiary/aromatic N) is 2. The second kappa shape index (κ2) is 5.96. The highest BCUT2D eigenvalue weighted by atomic mass is 35.5. The minimum Gasteiger partial charge on any atom is -0.508 e. The van der Waals surface area contributed by atoms with Gasteiger partial charge in [-0.1, -0.05) is 11.6 Å². The average molecular weight is 295 g/mol. The second-order valence-electron chi connectivity index (χ2n) is 4.60. The number of carboxylic acid groups (broad SMARTS) is 1. The molecule has 1 heterocycles. The van der Waals surface area contributed by atoms with E-state index < -0.39 is 5.97 Å². The normalized spacial score (nSPS) is 10.7. The molecule has 6 heteroatoms. The molecule has 0 radical (unpaired) electrons. The predicted molar refractivity (Wildman–Crippen MR) is 75.1 cm³/mol. The molecule has 0 saturated carbocycles. The third kappa shape index (κ3) is 3.51. The van der Waals surface area contributed by atoms with E-state index in [1.54, 1.807) is 22.9 Å². The van der Waals surface area contributed by atoms with Gasteiger partial charge in [-0.3, -0.25) is 9.48 Å². The van der Waals surface area contributed by atoms with Crippen molar-refractivity contribution in [2.45, 2.75) is 26.3 Å². The number of aryl methyl sites for hydroxylation is 2. The van der Waals surface area contributed by atoms with Gasteiger partial charge in [0, 0.05) is 22.7 Å². The summed E-state index contributed by atoms with van der Waals surface area (Å²) in [6.07, 6.45) is 0.448. The van der Waals surface area contributed by atoms with Crippen LogP contribution in [0, 0.1) is 6.92 Å². The van der Waals surface area contributed by atoms with Crippen LogP contribution in [0.1, 0.15) is 23.4 Å². The first kappa shape index (κ1) is 14.4. The van der Waals surface area contributed by atoms with Crippen molar-refractivity contribution in [1.29, 1.82) is 0 Å². The molecule has 0 bridgehead atoms. The number of aromatic nitrogens is 2.